The molecule has 3 nitrogen and oxygen atoms in total. The molecule has 0 spiro atoms. The molecule has 4 heteroatoms. The van der Waals surface area contributed by atoms with Gasteiger partial charge in [0.15, 0.2) is 6.61 Å². The highest BCUT2D eigenvalue weighted by Gasteiger charge is 2.11. The van der Waals surface area contributed by atoms with E-state index >= 15 is 0 Å². The largest absolute Gasteiger partial charge is 0.483 e. The Labute approximate surface area is 150 Å². The Kier molecular flexibility index (Phi) is 5.16. The van der Waals surface area contributed by atoms with Crippen molar-refractivity contribution in [2.24, 2.45) is 0 Å². The van der Waals surface area contributed by atoms with Gasteiger partial charge in [0, 0.05) is 23.5 Å². The lowest BCUT2D eigenvalue weighted by Crippen LogP contribution is -2.30. The molecule has 0 radical (unpaired) electrons. The predicted molar refractivity (Wildman–Crippen MR) is 100 cm³/mol. The lowest BCUT2D eigenvalue weighted by atomic mass is 10.1. The third kappa shape index (κ3) is 3.95. The van der Waals surface area contributed by atoms with Crippen LogP contribution in [0.15, 0.2) is 71.2 Å². The Hall–Kier alpha value is -2.33. The Balaban J connectivity index is 1.63. The van der Waals surface area contributed by atoms with Gasteiger partial charge in [0.2, 0.25) is 0 Å². The molecule has 1 amide bonds. The monoisotopic (exact) mass is 383 g/mol. The summed E-state index contributed by atoms with van der Waals surface area (Å²) in [6, 6.07) is 21.8. The number of hydrogen-bond acceptors (Lipinski definition) is 2. The molecule has 0 bridgehead atoms. The molecule has 0 saturated heterocycles. The van der Waals surface area contributed by atoms with E-state index in [1.165, 1.54) is 0 Å². The minimum absolute atomic E-state index is 0.0288. The van der Waals surface area contributed by atoms with E-state index in [1.807, 2.05) is 66.7 Å². The molecule has 24 heavy (non-hydrogen) atoms. The topological polar surface area (TPSA) is 29.5 Å². The third-order valence-electron chi connectivity index (χ3n) is 3.86. The Morgan fingerprint density at radius 1 is 1.00 bits per heavy atom. The Morgan fingerprint density at radius 3 is 2.50 bits per heavy atom. The van der Waals surface area contributed by atoms with Crippen molar-refractivity contribution in [3.8, 4) is 5.75 Å². The molecule has 0 aromatic heterocycles. The molecule has 0 aliphatic heterocycles. The molecule has 0 aliphatic rings. The molecule has 3 rings (SSSR count). The summed E-state index contributed by atoms with van der Waals surface area (Å²) in [7, 11) is 1.79. The van der Waals surface area contributed by atoms with Gasteiger partial charge in [0.05, 0.1) is 0 Å². The normalized spacial score (nSPS) is 10.6. The van der Waals surface area contributed by atoms with E-state index < -0.39 is 0 Å². The molecule has 0 unspecified atom stereocenters. The van der Waals surface area contributed by atoms with Crippen LogP contribution in [0.3, 0.4) is 0 Å². The highest BCUT2D eigenvalue weighted by molar-refractivity contribution is 9.10. The Morgan fingerprint density at radius 2 is 1.71 bits per heavy atom. The number of carbonyl (C=O) groups is 1. The second kappa shape index (κ2) is 7.49. The third-order valence-corrected chi connectivity index (χ3v) is 4.39. The van der Waals surface area contributed by atoms with E-state index in [4.69, 9.17) is 4.74 Å². The average Bonchev–Trinajstić information content (AvgIpc) is 2.61. The molecule has 0 aliphatic carbocycles. The number of ether oxygens (including phenoxy) is 1. The van der Waals surface area contributed by atoms with E-state index in [9.17, 15) is 4.79 Å². The van der Waals surface area contributed by atoms with Crippen molar-refractivity contribution in [2.45, 2.75) is 6.54 Å². The van der Waals surface area contributed by atoms with Gasteiger partial charge in [-0.1, -0.05) is 64.5 Å². The van der Waals surface area contributed by atoms with Gasteiger partial charge in [-0.3, -0.25) is 4.79 Å². The molecule has 0 fully saturated rings. The van der Waals surface area contributed by atoms with E-state index in [0.29, 0.717) is 6.54 Å². The van der Waals surface area contributed by atoms with Crippen molar-refractivity contribution in [1.82, 2.24) is 4.90 Å². The summed E-state index contributed by atoms with van der Waals surface area (Å²) >= 11 is 3.41. The maximum atomic E-state index is 12.3. The van der Waals surface area contributed by atoms with E-state index in [2.05, 4.69) is 15.9 Å². The Bertz CT molecular complexity index is 840. The zero-order valence-corrected chi connectivity index (χ0v) is 15.0. The van der Waals surface area contributed by atoms with Crippen LogP contribution in [0.5, 0.6) is 5.75 Å². The summed E-state index contributed by atoms with van der Waals surface area (Å²) < 4.78 is 6.79. The van der Waals surface area contributed by atoms with Crippen LogP contribution in [0.2, 0.25) is 0 Å². The number of halogens is 1. The number of hydrogen-bond donors (Lipinski definition) is 0. The van der Waals surface area contributed by atoms with Crippen molar-refractivity contribution in [3.05, 3.63) is 76.8 Å². The van der Waals surface area contributed by atoms with Crippen LogP contribution in [0.25, 0.3) is 10.8 Å². The summed E-state index contributed by atoms with van der Waals surface area (Å²) in [6.45, 7) is 0.589. The molecule has 122 valence electrons. The molecule has 3 aromatic rings. The molecule has 3 aromatic carbocycles. The first-order valence-electron chi connectivity index (χ1n) is 7.72. The molecular weight excluding hydrogens is 366 g/mol. The number of fused-ring (bicyclic) bond motifs is 1. The lowest BCUT2D eigenvalue weighted by molar-refractivity contribution is -0.132. The minimum Gasteiger partial charge on any atom is -0.483 e. The second-order valence-electron chi connectivity index (χ2n) is 5.64. The van der Waals surface area contributed by atoms with Gasteiger partial charge in [-0.15, -0.1) is 0 Å². The fraction of sp³-hybridized carbons (Fsp3) is 0.150. The number of rotatable bonds is 5. The zero-order valence-electron chi connectivity index (χ0n) is 13.4. The molecule has 0 saturated carbocycles. The smallest absolute Gasteiger partial charge is 0.260 e. The number of carbonyl (C=O) groups excluding carboxylic acids is 1. The quantitative estimate of drug-likeness (QED) is 0.642. The minimum atomic E-state index is -0.0501. The number of amides is 1. The van der Waals surface area contributed by atoms with Gasteiger partial charge in [0.25, 0.3) is 5.91 Å². The van der Waals surface area contributed by atoms with Gasteiger partial charge in [-0.25, -0.2) is 0 Å². The lowest BCUT2D eigenvalue weighted by Gasteiger charge is -2.18. The summed E-state index contributed by atoms with van der Waals surface area (Å²) in [6.07, 6.45) is 0. The van der Waals surface area contributed by atoms with Crippen LogP contribution in [0.1, 0.15) is 5.56 Å². The summed E-state index contributed by atoms with van der Waals surface area (Å²) in [4.78, 5) is 14.0. The van der Waals surface area contributed by atoms with E-state index in [1.54, 1.807) is 11.9 Å². The summed E-state index contributed by atoms with van der Waals surface area (Å²) in [5.74, 6) is 0.685. The van der Waals surface area contributed by atoms with Gasteiger partial charge in [0.1, 0.15) is 5.75 Å². The van der Waals surface area contributed by atoms with Gasteiger partial charge >= 0.3 is 0 Å². The van der Waals surface area contributed by atoms with Gasteiger partial charge in [-0.2, -0.15) is 0 Å². The second-order valence-corrected chi connectivity index (χ2v) is 6.56. The first kappa shape index (κ1) is 16.5. The van der Waals surface area contributed by atoms with Crippen LogP contribution >= 0.6 is 15.9 Å². The van der Waals surface area contributed by atoms with Crippen molar-refractivity contribution >= 4 is 32.6 Å². The molecular formula is C20H18BrNO2. The predicted octanol–water partition coefficient (Wildman–Crippen LogP) is 4.64. The number of likely N-dealkylation sites (N-methyl/N-ethyl adjacent to an activating group) is 1. The average molecular weight is 384 g/mol. The van der Waals surface area contributed by atoms with Crippen LogP contribution in [0.4, 0.5) is 0 Å². The summed E-state index contributed by atoms with van der Waals surface area (Å²) in [5.41, 5.74) is 1.08. The first-order chi connectivity index (χ1) is 11.6. The van der Waals surface area contributed by atoms with Gasteiger partial charge < -0.3 is 9.64 Å². The van der Waals surface area contributed by atoms with Crippen molar-refractivity contribution in [3.63, 3.8) is 0 Å². The van der Waals surface area contributed by atoms with E-state index in [0.717, 1.165) is 26.6 Å². The molecule has 0 heterocycles. The SMILES string of the molecule is CN(Cc1ccc(Br)cc1)C(=O)COc1cccc2ccccc12. The number of nitrogens with zero attached hydrogens (tertiary/aromatic N) is 1. The fourth-order valence-electron chi connectivity index (χ4n) is 2.52. The molecule has 0 N–H and O–H groups in total. The molecule has 0 atom stereocenters. The fourth-order valence-corrected chi connectivity index (χ4v) is 2.79. The first-order valence-corrected chi connectivity index (χ1v) is 8.52. The van der Waals surface area contributed by atoms with Crippen molar-refractivity contribution < 1.29 is 9.53 Å². The van der Waals surface area contributed by atoms with Crippen LogP contribution in [-0.2, 0) is 11.3 Å². The van der Waals surface area contributed by atoms with Crippen LogP contribution < -0.4 is 4.74 Å². The van der Waals surface area contributed by atoms with Gasteiger partial charge in [-0.05, 0) is 29.1 Å². The van der Waals surface area contributed by atoms with Crippen molar-refractivity contribution in [1.29, 1.82) is 0 Å². The van der Waals surface area contributed by atoms with Crippen molar-refractivity contribution in [2.75, 3.05) is 13.7 Å². The van der Waals surface area contributed by atoms with Crippen LogP contribution in [-0.4, -0.2) is 24.5 Å². The number of benzene rings is 3. The maximum absolute atomic E-state index is 12.3. The van der Waals surface area contributed by atoms with E-state index in [-0.39, 0.29) is 12.5 Å². The zero-order chi connectivity index (χ0) is 16.9. The van der Waals surface area contributed by atoms with Crippen LogP contribution in [0, 0.1) is 0 Å². The standard InChI is InChI=1S/C20H18BrNO2/c1-22(13-15-9-11-17(21)12-10-15)20(23)14-24-19-8-4-6-16-5-2-3-7-18(16)19/h2-12H,13-14H2,1H3. The highest BCUT2D eigenvalue weighted by Crippen LogP contribution is 2.25. The highest BCUT2D eigenvalue weighted by atomic mass is 79.9. The maximum Gasteiger partial charge on any atom is 0.260 e. The summed E-state index contributed by atoms with van der Waals surface area (Å²) in [5, 5.41) is 2.12.